The van der Waals surface area contributed by atoms with Gasteiger partial charge in [-0.2, -0.15) is 5.26 Å². The van der Waals surface area contributed by atoms with Gasteiger partial charge in [-0.3, -0.25) is 4.79 Å². The summed E-state index contributed by atoms with van der Waals surface area (Å²) in [6, 6.07) is 14.5. The quantitative estimate of drug-likeness (QED) is 0.591. The highest BCUT2D eigenvalue weighted by molar-refractivity contribution is 6.06. The first-order valence-electron chi connectivity index (χ1n) is 10.5. The lowest BCUT2D eigenvalue weighted by atomic mass is 10.1. The number of benzene rings is 2. The molecule has 0 aromatic heterocycles. The van der Waals surface area contributed by atoms with Crippen LogP contribution in [-0.2, 0) is 4.74 Å². The highest BCUT2D eigenvalue weighted by Crippen LogP contribution is 2.30. The summed E-state index contributed by atoms with van der Waals surface area (Å²) in [4.78, 5) is 15.3. The Balaban J connectivity index is 1.85. The van der Waals surface area contributed by atoms with Crippen LogP contribution in [-0.4, -0.2) is 53.0 Å². The number of anilines is 1. The van der Waals surface area contributed by atoms with Crippen molar-refractivity contribution in [2.45, 2.75) is 12.8 Å². The number of carbonyl (C=O) groups is 1. The topological polar surface area (TPSA) is 83.8 Å². The minimum Gasteiger partial charge on any atom is -0.493 e. The van der Waals surface area contributed by atoms with Crippen LogP contribution in [0.2, 0.25) is 0 Å². The number of methoxy groups -OCH3 is 2. The molecule has 1 saturated heterocycles. The molecule has 1 amide bonds. The fourth-order valence-corrected chi connectivity index (χ4v) is 3.61. The Morgan fingerprint density at radius 2 is 1.97 bits per heavy atom. The number of hydrogen-bond donors (Lipinski definition) is 1. The molecule has 1 aliphatic heterocycles. The van der Waals surface area contributed by atoms with E-state index in [1.807, 2.05) is 12.1 Å². The standard InChI is InChI=1S/C24H29N3O4/c1-29-12-3-13-31-23-14-20(6-9-22(23)30-2)24(28)27(17-19-10-11-26-16-19)21-7-4-18(15-25)5-8-21/h4-9,14,19,26H,3,10-13,16-17H2,1-2H3. The summed E-state index contributed by atoms with van der Waals surface area (Å²) >= 11 is 0. The van der Waals surface area contributed by atoms with E-state index in [0.29, 0.717) is 48.3 Å². The fraction of sp³-hybridized carbons (Fsp3) is 0.417. The first-order valence-corrected chi connectivity index (χ1v) is 10.5. The van der Waals surface area contributed by atoms with Crippen LogP contribution >= 0.6 is 0 Å². The van der Waals surface area contributed by atoms with Crippen molar-refractivity contribution >= 4 is 11.6 Å². The van der Waals surface area contributed by atoms with Gasteiger partial charge in [-0.05, 0) is 67.9 Å². The van der Waals surface area contributed by atoms with E-state index in [0.717, 1.165) is 31.6 Å². The van der Waals surface area contributed by atoms with Gasteiger partial charge in [0.2, 0.25) is 0 Å². The van der Waals surface area contributed by atoms with Gasteiger partial charge >= 0.3 is 0 Å². The van der Waals surface area contributed by atoms with Gasteiger partial charge in [0.25, 0.3) is 5.91 Å². The van der Waals surface area contributed by atoms with Gasteiger partial charge in [0.05, 0.1) is 25.3 Å². The minimum absolute atomic E-state index is 0.110. The first-order chi connectivity index (χ1) is 15.2. The maximum Gasteiger partial charge on any atom is 0.258 e. The van der Waals surface area contributed by atoms with Gasteiger partial charge in [0.1, 0.15) is 0 Å². The third-order valence-corrected chi connectivity index (χ3v) is 5.32. The maximum absolute atomic E-state index is 13.5. The van der Waals surface area contributed by atoms with E-state index in [1.165, 1.54) is 0 Å². The van der Waals surface area contributed by atoms with E-state index in [2.05, 4.69) is 11.4 Å². The largest absolute Gasteiger partial charge is 0.493 e. The Morgan fingerprint density at radius 1 is 1.16 bits per heavy atom. The maximum atomic E-state index is 13.5. The van der Waals surface area contributed by atoms with Gasteiger partial charge in [0, 0.05) is 37.9 Å². The lowest BCUT2D eigenvalue weighted by Crippen LogP contribution is -2.36. The predicted octanol–water partition coefficient (Wildman–Crippen LogP) is 3.24. The second kappa shape index (κ2) is 11.3. The number of nitrogens with one attached hydrogen (secondary N) is 1. The number of ether oxygens (including phenoxy) is 3. The fourth-order valence-electron chi connectivity index (χ4n) is 3.61. The molecule has 2 aromatic carbocycles. The SMILES string of the molecule is COCCCOc1cc(C(=O)N(CC2CCNC2)c2ccc(C#N)cc2)ccc1OC. The first kappa shape index (κ1) is 22.6. The van der Waals surface area contributed by atoms with Crippen LogP contribution in [0.15, 0.2) is 42.5 Å². The minimum atomic E-state index is -0.110. The summed E-state index contributed by atoms with van der Waals surface area (Å²) in [7, 11) is 3.23. The van der Waals surface area contributed by atoms with E-state index in [-0.39, 0.29) is 5.91 Å². The molecule has 1 heterocycles. The molecule has 1 aliphatic rings. The lowest BCUT2D eigenvalue weighted by Gasteiger charge is -2.26. The Morgan fingerprint density at radius 3 is 2.61 bits per heavy atom. The van der Waals surface area contributed by atoms with Crippen molar-refractivity contribution in [3.63, 3.8) is 0 Å². The molecule has 1 fully saturated rings. The summed E-state index contributed by atoms with van der Waals surface area (Å²) in [6.07, 6.45) is 1.76. The average molecular weight is 424 g/mol. The number of hydrogen-bond acceptors (Lipinski definition) is 6. The van der Waals surface area contributed by atoms with Gasteiger partial charge in [-0.15, -0.1) is 0 Å². The summed E-state index contributed by atoms with van der Waals surface area (Å²) in [5, 5.41) is 12.5. The second-order valence-electron chi connectivity index (χ2n) is 7.49. The zero-order chi connectivity index (χ0) is 22.1. The third kappa shape index (κ3) is 5.97. The van der Waals surface area contributed by atoms with E-state index >= 15 is 0 Å². The highest BCUT2D eigenvalue weighted by atomic mass is 16.5. The Labute approximate surface area is 183 Å². The Kier molecular flexibility index (Phi) is 8.27. The molecule has 164 valence electrons. The van der Waals surface area contributed by atoms with Gasteiger partial charge in [-0.1, -0.05) is 0 Å². The van der Waals surface area contributed by atoms with E-state index < -0.39 is 0 Å². The van der Waals surface area contributed by atoms with E-state index in [4.69, 9.17) is 19.5 Å². The smallest absolute Gasteiger partial charge is 0.258 e. The molecule has 7 heteroatoms. The van der Waals surface area contributed by atoms with Crippen molar-refractivity contribution in [2.24, 2.45) is 5.92 Å². The molecular weight excluding hydrogens is 394 g/mol. The number of nitrogens with zero attached hydrogens (tertiary/aromatic N) is 2. The molecule has 1 atom stereocenters. The van der Waals surface area contributed by atoms with Crippen LogP contribution < -0.4 is 19.7 Å². The van der Waals surface area contributed by atoms with Gasteiger partial charge < -0.3 is 24.4 Å². The van der Waals surface area contributed by atoms with Crippen LogP contribution in [0.1, 0.15) is 28.8 Å². The van der Waals surface area contributed by atoms with Crippen LogP contribution in [0.3, 0.4) is 0 Å². The zero-order valence-corrected chi connectivity index (χ0v) is 18.1. The molecule has 31 heavy (non-hydrogen) atoms. The van der Waals surface area contributed by atoms with Crippen molar-refractivity contribution in [3.8, 4) is 17.6 Å². The molecule has 1 N–H and O–H groups in total. The number of amides is 1. The van der Waals surface area contributed by atoms with Crippen LogP contribution in [0.25, 0.3) is 0 Å². The van der Waals surface area contributed by atoms with Crippen molar-refractivity contribution < 1.29 is 19.0 Å². The molecule has 0 bridgehead atoms. The molecule has 3 rings (SSSR count). The number of rotatable bonds is 10. The van der Waals surface area contributed by atoms with Crippen LogP contribution in [0.5, 0.6) is 11.5 Å². The third-order valence-electron chi connectivity index (χ3n) is 5.32. The highest BCUT2D eigenvalue weighted by Gasteiger charge is 2.25. The monoisotopic (exact) mass is 423 g/mol. The molecular formula is C24H29N3O4. The summed E-state index contributed by atoms with van der Waals surface area (Å²) in [5.41, 5.74) is 1.86. The van der Waals surface area contributed by atoms with Crippen LogP contribution in [0.4, 0.5) is 5.69 Å². The van der Waals surface area contributed by atoms with Crippen molar-refractivity contribution in [2.75, 3.05) is 52.0 Å². The molecule has 2 aromatic rings. The van der Waals surface area contributed by atoms with Crippen LogP contribution in [0, 0.1) is 17.2 Å². The second-order valence-corrected chi connectivity index (χ2v) is 7.49. The number of nitriles is 1. The zero-order valence-electron chi connectivity index (χ0n) is 18.1. The molecule has 0 radical (unpaired) electrons. The van der Waals surface area contributed by atoms with Gasteiger partial charge in [0.15, 0.2) is 11.5 Å². The van der Waals surface area contributed by atoms with E-state index in [9.17, 15) is 4.79 Å². The average Bonchev–Trinajstić information content (AvgIpc) is 3.33. The van der Waals surface area contributed by atoms with Crippen molar-refractivity contribution in [3.05, 3.63) is 53.6 Å². The summed E-state index contributed by atoms with van der Waals surface area (Å²) in [6.45, 7) is 3.52. The van der Waals surface area contributed by atoms with Crippen molar-refractivity contribution in [1.82, 2.24) is 5.32 Å². The summed E-state index contributed by atoms with van der Waals surface area (Å²) < 4.78 is 16.3. The molecule has 0 saturated carbocycles. The van der Waals surface area contributed by atoms with Crippen molar-refractivity contribution in [1.29, 1.82) is 5.26 Å². The van der Waals surface area contributed by atoms with Gasteiger partial charge in [-0.25, -0.2) is 0 Å². The Hall–Kier alpha value is -3.08. The Bertz CT molecular complexity index is 902. The molecule has 7 nitrogen and oxygen atoms in total. The molecule has 1 unspecified atom stereocenters. The number of carbonyl (C=O) groups excluding carboxylic acids is 1. The lowest BCUT2D eigenvalue weighted by molar-refractivity contribution is 0.0982. The molecule has 0 spiro atoms. The normalized spacial score (nSPS) is 15.3. The molecule has 0 aliphatic carbocycles. The predicted molar refractivity (Wildman–Crippen MR) is 119 cm³/mol. The summed E-state index contributed by atoms with van der Waals surface area (Å²) in [5.74, 6) is 1.38. The van der Waals surface area contributed by atoms with E-state index in [1.54, 1.807) is 49.5 Å².